The highest BCUT2D eigenvalue weighted by molar-refractivity contribution is 14.0. The molecule has 0 spiro atoms. The Hall–Kier alpha value is -2.49. The van der Waals surface area contributed by atoms with Gasteiger partial charge in [0, 0.05) is 39.3 Å². The molecule has 0 radical (unpaired) electrons. The van der Waals surface area contributed by atoms with E-state index in [4.69, 9.17) is 4.74 Å². The monoisotopic (exact) mass is 551 g/mol. The summed E-state index contributed by atoms with van der Waals surface area (Å²) in [6.45, 7) is 6.46. The van der Waals surface area contributed by atoms with Gasteiger partial charge in [-0.05, 0) is 55.2 Å². The van der Waals surface area contributed by atoms with Crippen LogP contribution in [0.15, 0.2) is 47.5 Å². The SMILES string of the molecule is CN=C(NCc1ccc(OC)c(NC(C)=O)c1)NC(C)c1cccc(N2CCCC2)c1.I. The van der Waals surface area contributed by atoms with E-state index in [1.165, 1.54) is 31.0 Å². The summed E-state index contributed by atoms with van der Waals surface area (Å²) in [5.74, 6) is 1.22. The summed E-state index contributed by atoms with van der Waals surface area (Å²) in [5, 5.41) is 9.62. The normalized spacial score (nSPS) is 14.4. The zero-order valence-corrected chi connectivity index (χ0v) is 21.6. The third-order valence-corrected chi connectivity index (χ3v) is 5.45. The number of carbonyl (C=O) groups excluding carboxylic acids is 1. The van der Waals surface area contributed by atoms with Crippen molar-refractivity contribution in [1.29, 1.82) is 0 Å². The predicted molar refractivity (Wildman–Crippen MR) is 142 cm³/mol. The van der Waals surface area contributed by atoms with Crippen molar-refractivity contribution in [3.63, 3.8) is 0 Å². The summed E-state index contributed by atoms with van der Waals surface area (Å²) in [6, 6.07) is 14.6. The molecule has 1 unspecified atom stereocenters. The molecule has 3 N–H and O–H groups in total. The smallest absolute Gasteiger partial charge is 0.221 e. The zero-order valence-electron chi connectivity index (χ0n) is 19.3. The fourth-order valence-electron chi connectivity index (χ4n) is 3.79. The molecule has 1 aliphatic heterocycles. The van der Waals surface area contributed by atoms with Gasteiger partial charge in [0.15, 0.2) is 5.96 Å². The maximum Gasteiger partial charge on any atom is 0.221 e. The number of amides is 1. The Balaban J connectivity index is 0.00000363. The number of nitrogens with zero attached hydrogens (tertiary/aromatic N) is 2. The second-order valence-electron chi connectivity index (χ2n) is 7.80. The molecular weight excluding hydrogens is 517 g/mol. The van der Waals surface area contributed by atoms with Crippen molar-refractivity contribution >= 4 is 47.2 Å². The quantitative estimate of drug-likeness (QED) is 0.272. The average Bonchev–Trinajstić information content (AvgIpc) is 3.31. The Kier molecular flexibility index (Phi) is 10.1. The van der Waals surface area contributed by atoms with Crippen molar-refractivity contribution in [2.24, 2.45) is 4.99 Å². The van der Waals surface area contributed by atoms with Gasteiger partial charge in [0.25, 0.3) is 0 Å². The van der Waals surface area contributed by atoms with Gasteiger partial charge in [0.05, 0.1) is 18.8 Å². The number of rotatable bonds is 7. The van der Waals surface area contributed by atoms with E-state index in [0.717, 1.165) is 24.6 Å². The maximum atomic E-state index is 11.5. The van der Waals surface area contributed by atoms with E-state index in [1.807, 2.05) is 18.2 Å². The number of nitrogens with one attached hydrogen (secondary N) is 3. The van der Waals surface area contributed by atoms with E-state index in [0.29, 0.717) is 18.0 Å². The van der Waals surface area contributed by atoms with Crippen LogP contribution in [0.1, 0.15) is 43.9 Å². The van der Waals surface area contributed by atoms with Crippen LogP contribution < -0.4 is 25.6 Å². The second kappa shape index (κ2) is 12.5. The minimum atomic E-state index is -0.133. The van der Waals surface area contributed by atoms with Crippen molar-refractivity contribution in [2.45, 2.75) is 39.3 Å². The lowest BCUT2D eigenvalue weighted by atomic mass is 10.1. The third kappa shape index (κ3) is 7.01. The van der Waals surface area contributed by atoms with Crippen LogP contribution in [0, 0.1) is 0 Å². The molecule has 7 nitrogen and oxygen atoms in total. The first-order chi connectivity index (χ1) is 15.0. The molecule has 1 heterocycles. The summed E-state index contributed by atoms with van der Waals surface area (Å²) in [6.07, 6.45) is 2.53. The van der Waals surface area contributed by atoms with Crippen molar-refractivity contribution < 1.29 is 9.53 Å². The lowest BCUT2D eigenvalue weighted by Gasteiger charge is -2.22. The second-order valence-corrected chi connectivity index (χ2v) is 7.80. The van der Waals surface area contributed by atoms with E-state index >= 15 is 0 Å². The molecule has 32 heavy (non-hydrogen) atoms. The lowest BCUT2D eigenvalue weighted by molar-refractivity contribution is -0.114. The fourth-order valence-corrected chi connectivity index (χ4v) is 3.79. The number of guanidine groups is 1. The summed E-state index contributed by atoms with van der Waals surface area (Å²) in [5.41, 5.74) is 4.18. The highest BCUT2D eigenvalue weighted by Gasteiger charge is 2.15. The molecule has 1 saturated heterocycles. The molecule has 1 amide bonds. The van der Waals surface area contributed by atoms with E-state index < -0.39 is 0 Å². The van der Waals surface area contributed by atoms with Crippen LogP contribution in [0.2, 0.25) is 0 Å². The number of anilines is 2. The zero-order chi connectivity index (χ0) is 22.2. The molecule has 2 aromatic rings. The molecule has 2 aromatic carbocycles. The number of halogens is 1. The van der Waals surface area contributed by atoms with Gasteiger partial charge in [0.1, 0.15) is 5.75 Å². The molecule has 1 fully saturated rings. The number of aliphatic imine (C=N–C) groups is 1. The molecule has 0 aromatic heterocycles. The molecule has 174 valence electrons. The van der Waals surface area contributed by atoms with Crippen LogP contribution in [-0.2, 0) is 11.3 Å². The molecule has 8 heteroatoms. The summed E-state index contributed by atoms with van der Waals surface area (Å²) in [7, 11) is 3.35. The summed E-state index contributed by atoms with van der Waals surface area (Å²) in [4.78, 5) is 18.3. The number of carbonyl (C=O) groups is 1. The first-order valence-corrected chi connectivity index (χ1v) is 10.8. The Bertz CT molecular complexity index is 928. The molecule has 0 aliphatic carbocycles. The summed E-state index contributed by atoms with van der Waals surface area (Å²) < 4.78 is 5.32. The Morgan fingerprint density at radius 1 is 1.19 bits per heavy atom. The predicted octanol–water partition coefficient (Wildman–Crippen LogP) is 4.30. The van der Waals surface area contributed by atoms with Crippen LogP contribution in [-0.4, -0.2) is 39.1 Å². The largest absolute Gasteiger partial charge is 0.495 e. The number of hydrogen-bond acceptors (Lipinski definition) is 4. The molecule has 0 bridgehead atoms. The molecule has 1 atom stereocenters. The minimum Gasteiger partial charge on any atom is -0.495 e. The topological polar surface area (TPSA) is 78.0 Å². The standard InChI is InChI=1S/C24H33N5O2.HI/c1-17(20-8-7-9-21(15-20)29-12-5-6-13-29)27-24(25-3)26-16-19-10-11-23(31-4)22(14-19)28-18(2)30;/h7-11,14-15,17H,5-6,12-13,16H2,1-4H3,(H,28,30)(H2,25,26,27);1H. The van der Waals surface area contributed by atoms with E-state index in [9.17, 15) is 4.79 Å². The van der Waals surface area contributed by atoms with Gasteiger partial charge in [-0.3, -0.25) is 9.79 Å². The van der Waals surface area contributed by atoms with Gasteiger partial charge >= 0.3 is 0 Å². The van der Waals surface area contributed by atoms with E-state index in [1.54, 1.807) is 14.2 Å². The molecule has 3 rings (SSSR count). The van der Waals surface area contributed by atoms with Gasteiger partial charge in [0.2, 0.25) is 5.91 Å². The number of ether oxygens (including phenoxy) is 1. The van der Waals surface area contributed by atoms with Gasteiger partial charge in [-0.25, -0.2) is 0 Å². The van der Waals surface area contributed by atoms with Crippen LogP contribution in [0.4, 0.5) is 11.4 Å². The van der Waals surface area contributed by atoms with Crippen molar-refractivity contribution in [2.75, 3.05) is 37.5 Å². The highest BCUT2D eigenvalue weighted by Crippen LogP contribution is 2.26. The first kappa shape index (κ1) is 25.8. The Morgan fingerprint density at radius 3 is 2.59 bits per heavy atom. The van der Waals surface area contributed by atoms with Crippen LogP contribution >= 0.6 is 24.0 Å². The Morgan fingerprint density at radius 2 is 1.94 bits per heavy atom. The van der Waals surface area contributed by atoms with Crippen molar-refractivity contribution in [3.05, 3.63) is 53.6 Å². The third-order valence-electron chi connectivity index (χ3n) is 5.45. The molecule has 1 aliphatic rings. The van der Waals surface area contributed by atoms with Crippen LogP contribution in [0.5, 0.6) is 5.75 Å². The van der Waals surface area contributed by atoms with Gasteiger partial charge < -0.3 is 25.6 Å². The number of benzene rings is 2. The Labute approximate surface area is 208 Å². The lowest BCUT2D eigenvalue weighted by Crippen LogP contribution is -2.38. The summed E-state index contributed by atoms with van der Waals surface area (Å²) >= 11 is 0. The van der Waals surface area contributed by atoms with Crippen LogP contribution in [0.25, 0.3) is 0 Å². The first-order valence-electron chi connectivity index (χ1n) is 10.8. The minimum absolute atomic E-state index is 0. The van der Waals surface area contributed by atoms with Gasteiger partial charge in [-0.1, -0.05) is 18.2 Å². The van der Waals surface area contributed by atoms with Crippen molar-refractivity contribution in [1.82, 2.24) is 10.6 Å². The molecule has 0 saturated carbocycles. The fraction of sp³-hybridized carbons (Fsp3) is 0.417. The number of hydrogen-bond donors (Lipinski definition) is 3. The van der Waals surface area contributed by atoms with Crippen LogP contribution in [0.3, 0.4) is 0 Å². The van der Waals surface area contributed by atoms with Gasteiger partial charge in [-0.15, -0.1) is 24.0 Å². The highest BCUT2D eigenvalue weighted by atomic mass is 127. The van der Waals surface area contributed by atoms with Crippen molar-refractivity contribution in [3.8, 4) is 5.75 Å². The van der Waals surface area contributed by atoms with E-state index in [2.05, 4.69) is 57.0 Å². The molecular formula is C24H34IN5O2. The average molecular weight is 551 g/mol. The van der Waals surface area contributed by atoms with Gasteiger partial charge in [-0.2, -0.15) is 0 Å². The maximum absolute atomic E-state index is 11.5. The van der Waals surface area contributed by atoms with E-state index in [-0.39, 0.29) is 35.9 Å². The number of methoxy groups -OCH3 is 1.